The van der Waals surface area contributed by atoms with Crippen molar-refractivity contribution >= 4 is 12.0 Å². The van der Waals surface area contributed by atoms with Crippen LogP contribution in [-0.4, -0.2) is 35.1 Å². The lowest BCUT2D eigenvalue weighted by molar-refractivity contribution is 0.0697. The molecule has 0 radical (unpaired) electrons. The fourth-order valence-electron chi connectivity index (χ4n) is 2.50. The van der Waals surface area contributed by atoms with Crippen LogP contribution in [0, 0.1) is 11.8 Å². The number of benzene rings is 1. The van der Waals surface area contributed by atoms with Crippen LogP contribution in [0.4, 0.5) is 4.79 Å². The molecule has 1 fully saturated rings. The largest absolute Gasteiger partial charge is 0.478 e. The highest BCUT2D eigenvalue weighted by Crippen LogP contribution is 2.22. The van der Waals surface area contributed by atoms with Crippen molar-refractivity contribution in [3.63, 3.8) is 0 Å². The number of carboxylic acids is 1. The summed E-state index contributed by atoms with van der Waals surface area (Å²) in [5, 5.41) is 11.7. The van der Waals surface area contributed by atoms with Crippen molar-refractivity contribution in [1.29, 1.82) is 0 Å². The van der Waals surface area contributed by atoms with E-state index in [2.05, 4.69) is 19.2 Å². The minimum absolute atomic E-state index is 0.0453. The van der Waals surface area contributed by atoms with Crippen molar-refractivity contribution in [1.82, 2.24) is 10.2 Å². The van der Waals surface area contributed by atoms with Gasteiger partial charge in [-0.05, 0) is 36.0 Å². The first-order valence-electron chi connectivity index (χ1n) is 7.32. The number of piperidine rings is 1. The molecule has 5 heteroatoms. The number of hydrogen-bond donors (Lipinski definition) is 2. The molecule has 1 aromatic carbocycles. The van der Waals surface area contributed by atoms with Crippen molar-refractivity contribution in [2.24, 2.45) is 11.8 Å². The summed E-state index contributed by atoms with van der Waals surface area (Å²) in [7, 11) is 0. The zero-order chi connectivity index (χ0) is 15.4. The van der Waals surface area contributed by atoms with E-state index in [0.717, 1.165) is 25.1 Å². The number of carbonyl (C=O) groups is 2. The van der Waals surface area contributed by atoms with E-state index in [4.69, 9.17) is 5.11 Å². The van der Waals surface area contributed by atoms with Crippen molar-refractivity contribution in [3.05, 3.63) is 35.4 Å². The molecule has 0 aliphatic carbocycles. The smallest absolute Gasteiger partial charge is 0.335 e. The molecule has 114 valence electrons. The number of carboxylic acid groups (broad SMARTS) is 1. The molecule has 2 N–H and O–H groups in total. The fraction of sp³-hybridized carbons (Fsp3) is 0.500. The molecule has 5 nitrogen and oxygen atoms in total. The molecule has 2 atom stereocenters. The summed E-state index contributed by atoms with van der Waals surface area (Å²) in [6.45, 7) is 6.41. The zero-order valence-electron chi connectivity index (χ0n) is 12.5. The number of carbonyl (C=O) groups excluding carboxylic acids is 1. The Morgan fingerprint density at radius 2 is 1.90 bits per heavy atom. The number of amides is 2. The number of aromatic carboxylic acids is 1. The quantitative estimate of drug-likeness (QED) is 0.899. The van der Waals surface area contributed by atoms with Crippen LogP contribution in [0.15, 0.2) is 24.3 Å². The van der Waals surface area contributed by atoms with E-state index in [1.54, 1.807) is 24.3 Å². The Hall–Kier alpha value is -2.04. The third-order valence-electron chi connectivity index (χ3n) is 4.27. The lowest BCUT2D eigenvalue weighted by atomic mass is 9.89. The number of likely N-dealkylation sites (tertiary alicyclic amines) is 1. The number of nitrogens with zero attached hydrogens (tertiary/aromatic N) is 1. The van der Waals surface area contributed by atoms with Gasteiger partial charge in [-0.1, -0.05) is 26.0 Å². The van der Waals surface area contributed by atoms with Gasteiger partial charge in [0.1, 0.15) is 0 Å². The van der Waals surface area contributed by atoms with Gasteiger partial charge in [0.05, 0.1) is 5.56 Å². The van der Waals surface area contributed by atoms with Crippen LogP contribution in [-0.2, 0) is 6.54 Å². The van der Waals surface area contributed by atoms with E-state index in [9.17, 15) is 9.59 Å². The van der Waals surface area contributed by atoms with Gasteiger partial charge >= 0.3 is 12.0 Å². The first kappa shape index (κ1) is 15.4. The summed E-state index contributed by atoms with van der Waals surface area (Å²) in [6.07, 6.45) is 1.04. The summed E-state index contributed by atoms with van der Waals surface area (Å²) in [4.78, 5) is 24.7. The molecule has 0 saturated carbocycles. The monoisotopic (exact) mass is 290 g/mol. The molecule has 0 spiro atoms. The van der Waals surface area contributed by atoms with Crippen molar-refractivity contribution in [2.75, 3.05) is 13.1 Å². The van der Waals surface area contributed by atoms with E-state index in [-0.39, 0.29) is 11.6 Å². The molecular formula is C16H22N2O3. The maximum absolute atomic E-state index is 12.1. The second-order valence-electron chi connectivity index (χ2n) is 5.85. The first-order chi connectivity index (χ1) is 9.97. The normalized spacial score (nSPS) is 21.9. The highest BCUT2D eigenvalue weighted by molar-refractivity contribution is 5.87. The van der Waals surface area contributed by atoms with Gasteiger partial charge in [0, 0.05) is 19.6 Å². The van der Waals surface area contributed by atoms with Gasteiger partial charge in [0.2, 0.25) is 0 Å². The Balaban J connectivity index is 1.85. The highest BCUT2D eigenvalue weighted by atomic mass is 16.4. The van der Waals surface area contributed by atoms with E-state index in [1.807, 2.05) is 4.90 Å². The maximum Gasteiger partial charge on any atom is 0.335 e. The minimum atomic E-state index is -0.943. The molecule has 0 bridgehead atoms. The Bertz CT molecular complexity index is 513. The van der Waals surface area contributed by atoms with Gasteiger partial charge < -0.3 is 15.3 Å². The molecule has 2 rings (SSSR count). The number of urea groups is 1. The summed E-state index contributed by atoms with van der Waals surface area (Å²) in [5.41, 5.74) is 1.15. The summed E-state index contributed by atoms with van der Waals surface area (Å²) >= 11 is 0. The van der Waals surface area contributed by atoms with Gasteiger partial charge in [0.15, 0.2) is 0 Å². The van der Waals surface area contributed by atoms with Crippen LogP contribution < -0.4 is 5.32 Å². The molecular weight excluding hydrogens is 268 g/mol. The fourth-order valence-corrected chi connectivity index (χ4v) is 2.50. The molecule has 2 unspecified atom stereocenters. The van der Waals surface area contributed by atoms with Crippen LogP contribution in [0.5, 0.6) is 0 Å². The Morgan fingerprint density at radius 1 is 1.24 bits per heavy atom. The maximum atomic E-state index is 12.1. The molecule has 0 aromatic heterocycles. The number of nitrogens with one attached hydrogen (secondary N) is 1. The predicted molar refractivity (Wildman–Crippen MR) is 80.2 cm³/mol. The standard InChI is InChI=1S/C16H22N2O3/c1-11-7-8-18(10-12(11)2)16(21)17-9-13-3-5-14(6-4-13)15(19)20/h3-6,11-12H,7-10H2,1-2H3,(H,17,21)(H,19,20). The van der Waals surface area contributed by atoms with Gasteiger partial charge in [-0.3, -0.25) is 0 Å². The molecule has 1 aliphatic heterocycles. The molecule has 2 amide bonds. The zero-order valence-corrected chi connectivity index (χ0v) is 12.5. The first-order valence-corrected chi connectivity index (χ1v) is 7.32. The molecule has 1 saturated heterocycles. The van der Waals surface area contributed by atoms with Gasteiger partial charge in [-0.15, -0.1) is 0 Å². The van der Waals surface area contributed by atoms with Crippen molar-refractivity contribution in [3.8, 4) is 0 Å². The average Bonchev–Trinajstić information content (AvgIpc) is 2.48. The molecule has 1 heterocycles. The molecule has 1 aromatic rings. The third-order valence-corrected chi connectivity index (χ3v) is 4.27. The van der Waals surface area contributed by atoms with E-state index < -0.39 is 5.97 Å². The van der Waals surface area contributed by atoms with E-state index in [1.165, 1.54) is 0 Å². The Kier molecular flexibility index (Phi) is 4.83. The SMILES string of the molecule is CC1CCN(C(=O)NCc2ccc(C(=O)O)cc2)CC1C. The minimum Gasteiger partial charge on any atom is -0.478 e. The molecule has 21 heavy (non-hydrogen) atoms. The van der Waals surface area contributed by atoms with Crippen molar-refractivity contribution < 1.29 is 14.7 Å². The van der Waals surface area contributed by atoms with Crippen molar-refractivity contribution in [2.45, 2.75) is 26.8 Å². The van der Waals surface area contributed by atoms with Crippen LogP contribution in [0.3, 0.4) is 0 Å². The van der Waals surface area contributed by atoms with Crippen LogP contribution in [0.2, 0.25) is 0 Å². The lowest BCUT2D eigenvalue weighted by Gasteiger charge is -2.35. The lowest BCUT2D eigenvalue weighted by Crippen LogP contribution is -2.46. The number of rotatable bonds is 3. The Morgan fingerprint density at radius 3 is 2.48 bits per heavy atom. The van der Waals surface area contributed by atoms with Crippen LogP contribution in [0.1, 0.15) is 36.2 Å². The summed E-state index contributed by atoms with van der Waals surface area (Å²) in [5.74, 6) is 0.249. The highest BCUT2D eigenvalue weighted by Gasteiger charge is 2.25. The third kappa shape index (κ3) is 3.97. The van der Waals surface area contributed by atoms with E-state index in [0.29, 0.717) is 18.4 Å². The van der Waals surface area contributed by atoms with Crippen LogP contribution >= 0.6 is 0 Å². The summed E-state index contributed by atoms with van der Waals surface area (Å²) < 4.78 is 0. The predicted octanol–water partition coefficient (Wildman–Crippen LogP) is 2.57. The molecule has 1 aliphatic rings. The van der Waals surface area contributed by atoms with Gasteiger partial charge in [-0.25, -0.2) is 9.59 Å². The Labute approximate surface area is 125 Å². The second-order valence-corrected chi connectivity index (χ2v) is 5.85. The van der Waals surface area contributed by atoms with Gasteiger partial charge in [0.25, 0.3) is 0 Å². The second kappa shape index (κ2) is 6.61. The summed E-state index contributed by atoms with van der Waals surface area (Å²) in [6, 6.07) is 6.51. The average molecular weight is 290 g/mol. The topological polar surface area (TPSA) is 69.6 Å². The number of hydrogen-bond acceptors (Lipinski definition) is 2. The van der Waals surface area contributed by atoms with Crippen LogP contribution in [0.25, 0.3) is 0 Å². The van der Waals surface area contributed by atoms with Gasteiger partial charge in [-0.2, -0.15) is 0 Å². The van der Waals surface area contributed by atoms with E-state index >= 15 is 0 Å².